The molecule has 0 bridgehead atoms. The first-order valence-electron chi connectivity index (χ1n) is 7.51. The van der Waals surface area contributed by atoms with Crippen molar-refractivity contribution in [3.63, 3.8) is 0 Å². The number of anilines is 1. The monoisotopic (exact) mass is 349 g/mol. The third-order valence-electron chi connectivity index (χ3n) is 4.03. The number of rotatable bonds is 3. The lowest BCUT2D eigenvalue weighted by molar-refractivity contribution is -0.117. The minimum atomic E-state index is -0.561. The first-order chi connectivity index (χ1) is 11.5. The third-order valence-corrected chi connectivity index (χ3v) is 4.44. The molecular formula is C17H17ClFN3O2. The number of aryl methyl sites for hydroxylation is 1. The number of para-hydroxylation sites is 1. The summed E-state index contributed by atoms with van der Waals surface area (Å²) >= 11 is 6.11. The van der Waals surface area contributed by atoms with Crippen LogP contribution in [-0.2, 0) is 4.79 Å². The first kappa shape index (κ1) is 16.7. The van der Waals surface area contributed by atoms with Gasteiger partial charge in [-0.2, -0.15) is 0 Å². The van der Waals surface area contributed by atoms with Gasteiger partial charge in [-0.25, -0.2) is 15.2 Å². The highest BCUT2D eigenvalue weighted by Gasteiger charge is 2.32. The minimum absolute atomic E-state index is 0.117. The number of aromatic hydroxyl groups is 1. The molecular weight excluding hydrogens is 333 g/mol. The maximum absolute atomic E-state index is 13.6. The summed E-state index contributed by atoms with van der Waals surface area (Å²) in [6, 6.07) is 8.42. The van der Waals surface area contributed by atoms with E-state index in [1.165, 1.54) is 12.1 Å². The summed E-state index contributed by atoms with van der Waals surface area (Å²) in [6.07, 6.45) is 0.396. The number of hydrogen-bond donors (Lipinski definition) is 4. The van der Waals surface area contributed by atoms with E-state index < -0.39 is 11.9 Å². The summed E-state index contributed by atoms with van der Waals surface area (Å²) in [7, 11) is 0. The minimum Gasteiger partial charge on any atom is -0.508 e. The second-order valence-corrected chi connectivity index (χ2v) is 6.17. The van der Waals surface area contributed by atoms with Crippen molar-refractivity contribution in [2.24, 2.45) is 0 Å². The highest BCUT2D eigenvalue weighted by atomic mass is 35.5. The van der Waals surface area contributed by atoms with Crippen molar-refractivity contribution >= 4 is 23.2 Å². The molecule has 0 saturated carbocycles. The molecule has 1 aliphatic rings. The van der Waals surface area contributed by atoms with Crippen LogP contribution in [0.2, 0.25) is 5.02 Å². The van der Waals surface area contributed by atoms with Crippen LogP contribution in [0.3, 0.4) is 0 Å². The van der Waals surface area contributed by atoms with Crippen molar-refractivity contribution in [1.82, 2.24) is 10.9 Å². The lowest BCUT2D eigenvalue weighted by Gasteiger charge is -2.13. The summed E-state index contributed by atoms with van der Waals surface area (Å²) < 4.78 is 13.6. The molecule has 0 aromatic heterocycles. The van der Waals surface area contributed by atoms with Crippen molar-refractivity contribution in [2.45, 2.75) is 25.4 Å². The van der Waals surface area contributed by atoms with E-state index in [0.717, 1.165) is 5.56 Å². The predicted molar refractivity (Wildman–Crippen MR) is 90.3 cm³/mol. The quantitative estimate of drug-likeness (QED) is 0.687. The molecule has 0 spiro atoms. The molecule has 7 heteroatoms. The van der Waals surface area contributed by atoms with E-state index in [0.29, 0.717) is 17.0 Å². The van der Waals surface area contributed by atoms with Crippen molar-refractivity contribution in [1.29, 1.82) is 0 Å². The zero-order chi connectivity index (χ0) is 17.3. The number of carbonyl (C=O) groups excluding carboxylic acids is 1. The van der Waals surface area contributed by atoms with Crippen LogP contribution in [0.15, 0.2) is 36.4 Å². The summed E-state index contributed by atoms with van der Waals surface area (Å²) in [5.74, 6) is -0.726. The second-order valence-electron chi connectivity index (χ2n) is 5.76. The Hall–Kier alpha value is -2.15. The smallest absolute Gasteiger partial charge is 0.243 e. The molecule has 24 heavy (non-hydrogen) atoms. The van der Waals surface area contributed by atoms with Crippen LogP contribution in [-0.4, -0.2) is 17.1 Å². The van der Waals surface area contributed by atoms with Gasteiger partial charge in [-0.05, 0) is 43.2 Å². The fourth-order valence-corrected chi connectivity index (χ4v) is 2.85. The fraction of sp³-hybridized carbons (Fsp3) is 0.235. The summed E-state index contributed by atoms with van der Waals surface area (Å²) in [5.41, 5.74) is 7.36. The maximum atomic E-state index is 13.6. The normalized spacial score (nSPS) is 20.1. The van der Waals surface area contributed by atoms with Gasteiger partial charge in [0, 0.05) is 10.6 Å². The Kier molecular flexibility index (Phi) is 4.71. The van der Waals surface area contributed by atoms with Crippen molar-refractivity contribution in [2.75, 3.05) is 5.32 Å². The SMILES string of the molecule is Cc1cc(O)c(C2CC(C(=O)Nc3ccccc3F)NN2)cc1Cl. The summed E-state index contributed by atoms with van der Waals surface area (Å²) in [5, 5.41) is 13.2. The van der Waals surface area contributed by atoms with Crippen LogP contribution in [0.25, 0.3) is 0 Å². The fourth-order valence-electron chi connectivity index (χ4n) is 2.68. The third kappa shape index (κ3) is 3.36. The van der Waals surface area contributed by atoms with E-state index in [9.17, 15) is 14.3 Å². The molecule has 126 valence electrons. The van der Waals surface area contributed by atoms with Gasteiger partial charge in [0.25, 0.3) is 0 Å². The first-order valence-corrected chi connectivity index (χ1v) is 7.89. The molecule has 4 N–H and O–H groups in total. The van der Waals surface area contributed by atoms with Crippen LogP contribution in [0, 0.1) is 12.7 Å². The van der Waals surface area contributed by atoms with E-state index in [4.69, 9.17) is 11.6 Å². The van der Waals surface area contributed by atoms with Gasteiger partial charge in [-0.3, -0.25) is 4.79 Å². The van der Waals surface area contributed by atoms with Crippen molar-refractivity contribution < 1.29 is 14.3 Å². The van der Waals surface area contributed by atoms with E-state index in [-0.39, 0.29) is 23.4 Å². The highest BCUT2D eigenvalue weighted by molar-refractivity contribution is 6.31. The van der Waals surface area contributed by atoms with Gasteiger partial charge in [0.1, 0.15) is 17.6 Å². The average molecular weight is 350 g/mol. The van der Waals surface area contributed by atoms with Crippen molar-refractivity contribution in [3.8, 4) is 5.75 Å². The number of carbonyl (C=O) groups is 1. The topological polar surface area (TPSA) is 73.4 Å². The molecule has 1 aliphatic heterocycles. The molecule has 1 saturated heterocycles. The number of benzene rings is 2. The Morgan fingerprint density at radius 2 is 2.08 bits per heavy atom. The molecule has 2 aromatic rings. The van der Waals surface area contributed by atoms with Gasteiger partial charge in [-0.15, -0.1) is 0 Å². The van der Waals surface area contributed by atoms with E-state index in [2.05, 4.69) is 16.2 Å². The van der Waals surface area contributed by atoms with E-state index in [1.54, 1.807) is 31.2 Å². The average Bonchev–Trinajstić information content (AvgIpc) is 3.03. The number of phenolic OH excluding ortho intramolecular Hbond substituents is 1. The highest BCUT2D eigenvalue weighted by Crippen LogP contribution is 2.33. The molecule has 2 aromatic carbocycles. The Morgan fingerprint density at radius 1 is 1.33 bits per heavy atom. The van der Waals surface area contributed by atoms with Gasteiger partial charge in [0.15, 0.2) is 0 Å². The number of nitrogens with one attached hydrogen (secondary N) is 3. The number of hydrogen-bond acceptors (Lipinski definition) is 4. The van der Waals surface area contributed by atoms with Gasteiger partial charge in [0.05, 0.1) is 11.7 Å². The number of phenols is 1. The zero-order valence-electron chi connectivity index (χ0n) is 12.9. The molecule has 1 heterocycles. The van der Waals surface area contributed by atoms with E-state index >= 15 is 0 Å². The molecule has 5 nitrogen and oxygen atoms in total. The largest absolute Gasteiger partial charge is 0.508 e. The Balaban J connectivity index is 1.70. The van der Waals surface area contributed by atoms with Gasteiger partial charge in [-0.1, -0.05) is 23.7 Å². The lowest BCUT2D eigenvalue weighted by atomic mass is 9.99. The summed E-state index contributed by atoms with van der Waals surface area (Å²) in [4.78, 5) is 12.3. The molecule has 2 atom stereocenters. The van der Waals surface area contributed by atoms with Crippen LogP contribution in [0.5, 0.6) is 5.75 Å². The molecule has 1 fully saturated rings. The van der Waals surface area contributed by atoms with E-state index in [1.807, 2.05) is 0 Å². The number of halogens is 2. The zero-order valence-corrected chi connectivity index (χ0v) is 13.7. The van der Waals surface area contributed by atoms with Crippen molar-refractivity contribution in [3.05, 3.63) is 58.4 Å². The van der Waals surface area contributed by atoms with Crippen LogP contribution >= 0.6 is 11.6 Å². The van der Waals surface area contributed by atoms with Crippen LogP contribution in [0.1, 0.15) is 23.6 Å². The van der Waals surface area contributed by atoms with Gasteiger partial charge in [0.2, 0.25) is 5.91 Å². The van der Waals surface area contributed by atoms with Crippen LogP contribution < -0.4 is 16.2 Å². The molecule has 2 unspecified atom stereocenters. The lowest BCUT2D eigenvalue weighted by Crippen LogP contribution is -2.39. The Morgan fingerprint density at radius 3 is 2.83 bits per heavy atom. The molecule has 1 amide bonds. The maximum Gasteiger partial charge on any atom is 0.243 e. The standard InChI is InChI=1S/C17H17ClFN3O2/c1-9-6-16(23)10(7-11(9)18)14-8-15(22-21-14)17(24)20-13-5-3-2-4-12(13)19/h2-7,14-15,21-23H,8H2,1H3,(H,20,24). The van der Waals surface area contributed by atoms with Gasteiger partial charge >= 0.3 is 0 Å². The predicted octanol–water partition coefficient (Wildman–Crippen LogP) is 3.04. The van der Waals surface area contributed by atoms with Gasteiger partial charge < -0.3 is 10.4 Å². The summed E-state index contributed by atoms with van der Waals surface area (Å²) in [6.45, 7) is 1.80. The second kappa shape index (κ2) is 6.76. The molecule has 0 radical (unpaired) electrons. The van der Waals surface area contributed by atoms with Crippen LogP contribution in [0.4, 0.5) is 10.1 Å². The Bertz CT molecular complexity index is 784. The Labute approximate surface area is 143 Å². The number of amides is 1. The number of hydrazine groups is 1. The molecule has 3 rings (SSSR count). The molecule has 0 aliphatic carbocycles.